The maximum atomic E-state index is 12.5. The van der Waals surface area contributed by atoms with Gasteiger partial charge >= 0.3 is 5.69 Å². The second-order valence-electron chi connectivity index (χ2n) is 5.80. The van der Waals surface area contributed by atoms with E-state index in [0.29, 0.717) is 12.2 Å². The van der Waals surface area contributed by atoms with E-state index in [-0.39, 0.29) is 5.69 Å². The van der Waals surface area contributed by atoms with Crippen LogP contribution in [0, 0.1) is 6.92 Å². The number of aryl methyl sites for hydroxylation is 1. The third-order valence-electron chi connectivity index (χ3n) is 3.83. The molecule has 0 radical (unpaired) electrons. The van der Waals surface area contributed by atoms with Crippen LogP contribution in [0.4, 0.5) is 0 Å². The summed E-state index contributed by atoms with van der Waals surface area (Å²) in [5.41, 5.74) is 2.64. The number of nitrogens with zero attached hydrogens (tertiary/aromatic N) is 4. The van der Waals surface area contributed by atoms with Gasteiger partial charge in [-0.05, 0) is 24.6 Å². The van der Waals surface area contributed by atoms with Crippen LogP contribution < -0.4 is 5.69 Å². The van der Waals surface area contributed by atoms with Crippen LogP contribution in [-0.2, 0) is 6.54 Å². The first-order valence-corrected chi connectivity index (χ1v) is 8.74. The summed E-state index contributed by atoms with van der Waals surface area (Å²) in [4.78, 5) is 18.0. The van der Waals surface area contributed by atoms with Crippen LogP contribution in [0.1, 0.15) is 11.1 Å². The van der Waals surface area contributed by atoms with E-state index in [1.54, 1.807) is 18.1 Å². The van der Waals surface area contributed by atoms with E-state index < -0.39 is 0 Å². The summed E-state index contributed by atoms with van der Waals surface area (Å²) >= 11 is 1.55. The van der Waals surface area contributed by atoms with Crippen LogP contribution in [0.3, 0.4) is 0 Å². The molecule has 0 unspecified atom stereocenters. The first-order valence-electron chi connectivity index (χ1n) is 7.93. The first-order chi connectivity index (χ1) is 12.2. The molecule has 25 heavy (non-hydrogen) atoms. The lowest BCUT2D eigenvalue weighted by Gasteiger charge is -2.01. The average molecular weight is 348 g/mol. The first kappa shape index (κ1) is 15.7. The largest absolute Gasteiger partial charge is 0.351 e. The highest BCUT2D eigenvalue weighted by atomic mass is 32.2. The van der Waals surface area contributed by atoms with Gasteiger partial charge in [0.1, 0.15) is 11.4 Å². The van der Waals surface area contributed by atoms with Crippen molar-refractivity contribution in [1.82, 2.24) is 19.2 Å². The van der Waals surface area contributed by atoms with Gasteiger partial charge in [-0.25, -0.2) is 18.9 Å². The Morgan fingerprint density at radius 2 is 1.88 bits per heavy atom. The molecule has 2 aromatic carbocycles. The Morgan fingerprint density at radius 1 is 1.04 bits per heavy atom. The Morgan fingerprint density at radius 3 is 2.68 bits per heavy atom. The molecule has 4 aromatic rings. The zero-order valence-electron chi connectivity index (χ0n) is 13.7. The van der Waals surface area contributed by atoms with Crippen molar-refractivity contribution in [3.05, 3.63) is 88.6 Å². The van der Waals surface area contributed by atoms with Gasteiger partial charge < -0.3 is 0 Å². The average Bonchev–Trinajstić information content (AvgIpc) is 2.91. The molecular formula is C19H16N4OS. The van der Waals surface area contributed by atoms with Crippen LogP contribution in [0.5, 0.6) is 0 Å². The van der Waals surface area contributed by atoms with E-state index in [2.05, 4.69) is 16.1 Å². The second-order valence-corrected chi connectivity index (χ2v) is 6.89. The minimum absolute atomic E-state index is 0.180. The zero-order valence-corrected chi connectivity index (χ0v) is 14.5. The summed E-state index contributed by atoms with van der Waals surface area (Å²) in [6.45, 7) is 2.48. The van der Waals surface area contributed by atoms with Crippen LogP contribution in [0.15, 0.2) is 81.7 Å². The monoisotopic (exact) mass is 348 g/mol. The molecule has 6 heteroatoms. The summed E-state index contributed by atoms with van der Waals surface area (Å²) in [6, 6.07) is 19.9. The Balaban J connectivity index is 1.66. The molecule has 0 saturated heterocycles. The lowest BCUT2D eigenvalue weighted by Crippen LogP contribution is -2.21. The van der Waals surface area contributed by atoms with Gasteiger partial charge in [-0.3, -0.25) is 0 Å². The van der Waals surface area contributed by atoms with Gasteiger partial charge in [0.2, 0.25) is 0 Å². The van der Waals surface area contributed by atoms with E-state index >= 15 is 0 Å². The van der Waals surface area contributed by atoms with Gasteiger partial charge in [-0.1, -0.05) is 59.8 Å². The summed E-state index contributed by atoms with van der Waals surface area (Å²) in [6.07, 6.45) is 1.54. The van der Waals surface area contributed by atoms with Crippen LogP contribution in [-0.4, -0.2) is 19.2 Å². The third kappa shape index (κ3) is 3.34. The molecule has 0 N–H and O–H groups in total. The molecule has 5 nitrogen and oxygen atoms in total. The Hall–Kier alpha value is -2.86. The molecule has 0 fully saturated rings. The number of rotatable bonds is 4. The van der Waals surface area contributed by atoms with Crippen molar-refractivity contribution in [3.63, 3.8) is 0 Å². The van der Waals surface area contributed by atoms with Crippen molar-refractivity contribution in [1.29, 1.82) is 0 Å². The van der Waals surface area contributed by atoms with Crippen molar-refractivity contribution in [2.45, 2.75) is 23.4 Å². The minimum Gasteiger partial charge on any atom is -0.246 e. The smallest absolute Gasteiger partial charge is 0.246 e. The number of hydrogen-bond donors (Lipinski definition) is 0. The fourth-order valence-electron chi connectivity index (χ4n) is 2.66. The van der Waals surface area contributed by atoms with Gasteiger partial charge in [-0.2, -0.15) is 0 Å². The Bertz CT molecular complexity index is 1090. The predicted octanol–water partition coefficient (Wildman–Crippen LogP) is 3.40. The normalized spacial score (nSPS) is 11.1. The molecule has 0 amide bonds. The highest BCUT2D eigenvalue weighted by Crippen LogP contribution is 2.25. The maximum Gasteiger partial charge on any atom is 0.351 e. The topological polar surface area (TPSA) is 52.2 Å². The van der Waals surface area contributed by atoms with Gasteiger partial charge in [0, 0.05) is 11.0 Å². The second kappa shape index (κ2) is 6.57. The SMILES string of the molecule is Cc1cccc(Cn2nc3cc(Sc4ccccc4)ncn3c2=O)c1. The molecule has 124 valence electrons. The molecule has 0 aliphatic carbocycles. The summed E-state index contributed by atoms with van der Waals surface area (Å²) < 4.78 is 2.95. The molecule has 2 heterocycles. The van der Waals surface area contributed by atoms with Crippen molar-refractivity contribution in [2.75, 3.05) is 0 Å². The molecule has 2 aromatic heterocycles. The predicted molar refractivity (Wildman–Crippen MR) is 98.1 cm³/mol. The Labute approximate surface area is 149 Å². The highest BCUT2D eigenvalue weighted by molar-refractivity contribution is 7.99. The van der Waals surface area contributed by atoms with Crippen LogP contribution in [0.25, 0.3) is 5.65 Å². The van der Waals surface area contributed by atoms with E-state index in [0.717, 1.165) is 21.0 Å². The molecule has 0 atom stereocenters. The summed E-state index contributed by atoms with van der Waals surface area (Å²) in [7, 11) is 0. The van der Waals surface area contributed by atoms with E-state index in [1.807, 2.05) is 61.5 Å². The van der Waals surface area contributed by atoms with Crippen LogP contribution in [0.2, 0.25) is 0 Å². The number of hydrogen-bond acceptors (Lipinski definition) is 4. The molecule has 0 aliphatic rings. The number of benzene rings is 2. The van der Waals surface area contributed by atoms with Crippen molar-refractivity contribution >= 4 is 17.4 Å². The molecule has 0 bridgehead atoms. The Kier molecular flexibility index (Phi) is 4.11. The summed E-state index contributed by atoms with van der Waals surface area (Å²) in [5, 5.41) is 5.26. The van der Waals surface area contributed by atoms with Crippen molar-refractivity contribution in [3.8, 4) is 0 Å². The zero-order chi connectivity index (χ0) is 17.2. The van der Waals surface area contributed by atoms with Gasteiger partial charge in [0.15, 0.2) is 5.65 Å². The third-order valence-corrected chi connectivity index (χ3v) is 4.77. The molecular weight excluding hydrogens is 332 g/mol. The van der Waals surface area contributed by atoms with Crippen LogP contribution >= 0.6 is 11.8 Å². The van der Waals surface area contributed by atoms with Gasteiger partial charge in [-0.15, -0.1) is 5.10 Å². The van der Waals surface area contributed by atoms with Crippen molar-refractivity contribution in [2.24, 2.45) is 0 Å². The number of fused-ring (bicyclic) bond motifs is 1. The lowest BCUT2D eigenvalue weighted by atomic mass is 10.1. The van der Waals surface area contributed by atoms with Gasteiger partial charge in [0.05, 0.1) is 6.54 Å². The molecule has 0 aliphatic heterocycles. The van der Waals surface area contributed by atoms with Crippen molar-refractivity contribution < 1.29 is 0 Å². The lowest BCUT2D eigenvalue weighted by molar-refractivity contribution is 0.658. The quantitative estimate of drug-likeness (QED) is 0.531. The standard InChI is InChI=1S/C19H16N4OS/c1-14-6-5-7-15(10-14)12-23-19(24)22-13-20-18(11-17(22)21-23)25-16-8-3-2-4-9-16/h2-11,13H,12H2,1H3. The van der Waals surface area contributed by atoms with E-state index in [4.69, 9.17) is 0 Å². The molecule has 0 saturated carbocycles. The van der Waals surface area contributed by atoms with E-state index in [1.165, 1.54) is 9.08 Å². The maximum absolute atomic E-state index is 12.5. The van der Waals surface area contributed by atoms with E-state index in [9.17, 15) is 4.79 Å². The fourth-order valence-corrected chi connectivity index (χ4v) is 3.46. The number of aromatic nitrogens is 4. The molecule has 4 rings (SSSR count). The summed E-state index contributed by atoms with van der Waals surface area (Å²) in [5.74, 6) is 0. The molecule has 0 spiro atoms. The highest BCUT2D eigenvalue weighted by Gasteiger charge is 2.09. The fraction of sp³-hybridized carbons (Fsp3) is 0.105. The minimum atomic E-state index is -0.180. The van der Waals surface area contributed by atoms with Gasteiger partial charge in [0.25, 0.3) is 0 Å².